The number of benzene rings is 1. The van der Waals surface area contributed by atoms with E-state index in [4.69, 9.17) is 4.74 Å². The minimum Gasteiger partial charge on any atom is -0.489 e. The number of H-pyrrole nitrogens is 1. The van der Waals surface area contributed by atoms with E-state index in [0.29, 0.717) is 12.5 Å². The van der Waals surface area contributed by atoms with Crippen molar-refractivity contribution in [2.45, 2.75) is 19.3 Å². The first-order chi connectivity index (χ1) is 10.8. The van der Waals surface area contributed by atoms with Gasteiger partial charge in [-0.1, -0.05) is 18.2 Å². The summed E-state index contributed by atoms with van der Waals surface area (Å²) in [5.41, 5.74) is 5.15. The molecule has 1 N–H and O–H groups in total. The zero-order valence-corrected chi connectivity index (χ0v) is 12.9. The lowest BCUT2D eigenvalue weighted by molar-refractivity contribution is 0.308. The number of hydrogen-bond donors (Lipinski definition) is 1. The SMILES string of the molecule is Cc1cn[nH]c1[C@@H]1CCN(CC2=Cc3ccccc3OC2)C1. The summed E-state index contributed by atoms with van der Waals surface area (Å²) in [7, 11) is 0. The predicted molar refractivity (Wildman–Crippen MR) is 87.0 cm³/mol. The topological polar surface area (TPSA) is 41.2 Å². The molecule has 3 heterocycles. The summed E-state index contributed by atoms with van der Waals surface area (Å²) in [4.78, 5) is 2.52. The number of nitrogens with one attached hydrogen (secondary N) is 1. The van der Waals surface area contributed by atoms with Crippen LogP contribution in [-0.4, -0.2) is 41.3 Å². The number of fused-ring (bicyclic) bond motifs is 1. The van der Waals surface area contributed by atoms with Crippen molar-refractivity contribution in [3.63, 3.8) is 0 Å². The molecule has 0 saturated carbocycles. The van der Waals surface area contributed by atoms with Crippen LogP contribution in [0.5, 0.6) is 5.75 Å². The van der Waals surface area contributed by atoms with E-state index in [9.17, 15) is 0 Å². The van der Waals surface area contributed by atoms with Gasteiger partial charge in [0.05, 0.1) is 6.20 Å². The standard InChI is InChI=1S/C18H21N3O/c1-13-9-19-20-18(13)16-6-7-21(11-16)10-14-8-15-4-2-3-5-17(15)22-12-14/h2-5,8-9,16H,6-7,10-12H2,1H3,(H,19,20)/t16-/m1/s1. The van der Waals surface area contributed by atoms with Gasteiger partial charge in [-0.15, -0.1) is 0 Å². The number of aromatic amines is 1. The van der Waals surface area contributed by atoms with Crippen LogP contribution in [0.25, 0.3) is 6.08 Å². The number of hydrogen-bond acceptors (Lipinski definition) is 3. The van der Waals surface area contributed by atoms with E-state index in [0.717, 1.165) is 25.4 Å². The molecule has 0 amide bonds. The minimum atomic E-state index is 0.583. The highest BCUT2D eigenvalue weighted by Crippen LogP contribution is 2.30. The Kier molecular flexibility index (Phi) is 3.47. The first-order valence-electron chi connectivity index (χ1n) is 7.93. The fourth-order valence-electron chi connectivity index (χ4n) is 3.52. The Hall–Kier alpha value is -2.07. The molecule has 1 aromatic heterocycles. The lowest BCUT2D eigenvalue weighted by Crippen LogP contribution is -2.26. The largest absolute Gasteiger partial charge is 0.489 e. The molecule has 0 bridgehead atoms. The Bertz CT molecular complexity index is 704. The second-order valence-electron chi connectivity index (χ2n) is 6.32. The Labute approximate surface area is 130 Å². The van der Waals surface area contributed by atoms with Gasteiger partial charge in [0, 0.05) is 30.3 Å². The van der Waals surface area contributed by atoms with E-state index in [1.165, 1.54) is 28.8 Å². The molecular weight excluding hydrogens is 274 g/mol. The molecule has 2 aromatic rings. The van der Waals surface area contributed by atoms with E-state index in [2.05, 4.69) is 40.2 Å². The number of aromatic nitrogens is 2. The molecule has 1 aromatic carbocycles. The maximum absolute atomic E-state index is 5.85. The third kappa shape index (κ3) is 2.55. The summed E-state index contributed by atoms with van der Waals surface area (Å²) in [5.74, 6) is 1.58. The fraction of sp³-hybridized carbons (Fsp3) is 0.389. The maximum Gasteiger partial charge on any atom is 0.127 e. The van der Waals surface area contributed by atoms with Crippen LogP contribution in [0.15, 0.2) is 36.0 Å². The predicted octanol–water partition coefficient (Wildman–Crippen LogP) is 2.98. The summed E-state index contributed by atoms with van der Waals surface area (Å²) in [6, 6.07) is 8.24. The van der Waals surface area contributed by atoms with Crippen molar-refractivity contribution in [3.8, 4) is 5.75 Å². The van der Waals surface area contributed by atoms with Gasteiger partial charge in [-0.25, -0.2) is 0 Å². The minimum absolute atomic E-state index is 0.583. The Balaban J connectivity index is 1.43. The molecule has 1 saturated heterocycles. The fourth-order valence-corrected chi connectivity index (χ4v) is 3.52. The Morgan fingerprint density at radius 2 is 2.27 bits per heavy atom. The van der Waals surface area contributed by atoms with Crippen molar-refractivity contribution in [1.29, 1.82) is 0 Å². The van der Waals surface area contributed by atoms with Crippen molar-refractivity contribution in [2.75, 3.05) is 26.2 Å². The Morgan fingerprint density at radius 1 is 1.36 bits per heavy atom. The zero-order chi connectivity index (χ0) is 14.9. The summed E-state index contributed by atoms with van der Waals surface area (Å²) in [6.07, 6.45) is 5.41. The van der Waals surface area contributed by atoms with Gasteiger partial charge in [0.1, 0.15) is 12.4 Å². The van der Waals surface area contributed by atoms with Crippen molar-refractivity contribution in [2.24, 2.45) is 0 Å². The molecule has 2 aliphatic heterocycles. The highest BCUT2D eigenvalue weighted by molar-refractivity contribution is 5.62. The number of rotatable bonds is 3. The lowest BCUT2D eigenvalue weighted by Gasteiger charge is -2.22. The average molecular weight is 295 g/mol. The number of likely N-dealkylation sites (tertiary alicyclic amines) is 1. The van der Waals surface area contributed by atoms with Gasteiger partial charge in [0.15, 0.2) is 0 Å². The van der Waals surface area contributed by atoms with Crippen molar-refractivity contribution >= 4 is 6.08 Å². The normalized spacial score (nSPS) is 21.3. The quantitative estimate of drug-likeness (QED) is 0.946. The lowest BCUT2D eigenvalue weighted by atomic mass is 10.0. The molecule has 4 heteroatoms. The van der Waals surface area contributed by atoms with Crippen LogP contribution in [0.4, 0.5) is 0 Å². The molecule has 0 spiro atoms. The smallest absolute Gasteiger partial charge is 0.127 e. The van der Waals surface area contributed by atoms with Gasteiger partial charge < -0.3 is 4.74 Å². The highest BCUT2D eigenvalue weighted by atomic mass is 16.5. The number of para-hydroxylation sites is 1. The van der Waals surface area contributed by atoms with E-state index >= 15 is 0 Å². The van der Waals surface area contributed by atoms with Gasteiger partial charge in [-0.2, -0.15) is 5.10 Å². The summed E-state index contributed by atoms with van der Waals surface area (Å²) >= 11 is 0. The third-order valence-electron chi connectivity index (χ3n) is 4.67. The van der Waals surface area contributed by atoms with Gasteiger partial charge in [-0.05, 0) is 43.2 Å². The Morgan fingerprint density at radius 3 is 3.14 bits per heavy atom. The highest BCUT2D eigenvalue weighted by Gasteiger charge is 2.27. The van der Waals surface area contributed by atoms with Crippen molar-refractivity contribution in [1.82, 2.24) is 15.1 Å². The van der Waals surface area contributed by atoms with Crippen LogP contribution in [0.2, 0.25) is 0 Å². The van der Waals surface area contributed by atoms with Crippen LogP contribution >= 0.6 is 0 Å². The van der Waals surface area contributed by atoms with Crippen LogP contribution in [0, 0.1) is 6.92 Å². The molecule has 1 atom stereocenters. The second kappa shape index (κ2) is 5.61. The molecule has 0 aliphatic carbocycles. The van der Waals surface area contributed by atoms with Crippen molar-refractivity contribution in [3.05, 3.63) is 52.9 Å². The molecule has 0 radical (unpaired) electrons. The molecule has 4 nitrogen and oxygen atoms in total. The third-order valence-corrected chi connectivity index (χ3v) is 4.67. The van der Waals surface area contributed by atoms with Crippen LogP contribution in [0.1, 0.15) is 29.2 Å². The summed E-state index contributed by atoms with van der Waals surface area (Å²) in [5, 5.41) is 7.33. The molecule has 4 rings (SSSR count). The van der Waals surface area contributed by atoms with Crippen LogP contribution < -0.4 is 4.74 Å². The van der Waals surface area contributed by atoms with Crippen LogP contribution in [0.3, 0.4) is 0 Å². The van der Waals surface area contributed by atoms with Gasteiger partial charge in [0.2, 0.25) is 0 Å². The molecule has 1 fully saturated rings. The van der Waals surface area contributed by atoms with Gasteiger partial charge in [-0.3, -0.25) is 10.00 Å². The van der Waals surface area contributed by atoms with E-state index < -0.39 is 0 Å². The maximum atomic E-state index is 5.85. The molecule has 0 unspecified atom stereocenters. The number of ether oxygens (including phenoxy) is 1. The van der Waals surface area contributed by atoms with Crippen molar-refractivity contribution < 1.29 is 4.74 Å². The molecule has 22 heavy (non-hydrogen) atoms. The first kappa shape index (κ1) is 13.6. The summed E-state index contributed by atoms with van der Waals surface area (Å²) in [6.45, 7) is 6.08. The van der Waals surface area contributed by atoms with E-state index in [-0.39, 0.29) is 0 Å². The zero-order valence-electron chi connectivity index (χ0n) is 12.9. The summed E-state index contributed by atoms with van der Waals surface area (Å²) < 4.78 is 5.85. The van der Waals surface area contributed by atoms with E-state index in [1.54, 1.807) is 0 Å². The first-order valence-corrected chi connectivity index (χ1v) is 7.93. The molecular formula is C18H21N3O. The average Bonchev–Trinajstić information content (AvgIpc) is 3.16. The van der Waals surface area contributed by atoms with Gasteiger partial charge >= 0.3 is 0 Å². The van der Waals surface area contributed by atoms with Gasteiger partial charge in [0.25, 0.3) is 0 Å². The second-order valence-corrected chi connectivity index (χ2v) is 6.32. The number of aryl methyl sites for hydroxylation is 1. The molecule has 114 valence electrons. The molecule has 2 aliphatic rings. The van der Waals surface area contributed by atoms with Crippen LogP contribution in [-0.2, 0) is 0 Å². The monoisotopic (exact) mass is 295 g/mol. The van der Waals surface area contributed by atoms with E-state index in [1.807, 2.05) is 18.3 Å². The number of nitrogens with zero attached hydrogens (tertiary/aromatic N) is 2.